The fraction of sp³-hybridized carbons (Fsp3) is 0.250. The van der Waals surface area contributed by atoms with E-state index in [0.717, 1.165) is 10.7 Å². The Bertz CT molecular complexity index is 632. The van der Waals surface area contributed by atoms with Gasteiger partial charge in [-0.2, -0.15) is 18.3 Å². The van der Waals surface area contributed by atoms with E-state index in [9.17, 15) is 18.0 Å². The van der Waals surface area contributed by atoms with Crippen molar-refractivity contribution in [3.05, 3.63) is 41.5 Å². The number of hydrogen-bond acceptors (Lipinski definition) is 4. The quantitative estimate of drug-likeness (QED) is 0.795. The number of ether oxygens (including phenoxy) is 1. The third kappa shape index (κ3) is 2.63. The van der Waals surface area contributed by atoms with Crippen molar-refractivity contribution in [1.82, 2.24) is 14.8 Å². The summed E-state index contributed by atoms with van der Waals surface area (Å²) in [6, 6.07) is 3.74. The van der Waals surface area contributed by atoms with Gasteiger partial charge in [-0.15, -0.1) is 0 Å². The maximum Gasteiger partial charge on any atom is 0.435 e. The number of hydrogen-bond donors (Lipinski definition) is 0. The van der Waals surface area contributed by atoms with Crippen molar-refractivity contribution in [1.29, 1.82) is 0 Å². The second-order valence-electron chi connectivity index (χ2n) is 3.97. The van der Waals surface area contributed by atoms with Crippen LogP contribution in [0, 0.1) is 6.92 Å². The van der Waals surface area contributed by atoms with Crippen LogP contribution in [0.25, 0.3) is 5.69 Å². The number of rotatable bonds is 2. The molecule has 2 aromatic heterocycles. The highest BCUT2D eigenvalue weighted by Crippen LogP contribution is 2.29. The van der Waals surface area contributed by atoms with Gasteiger partial charge >= 0.3 is 12.1 Å². The molecule has 0 unspecified atom stereocenters. The smallest absolute Gasteiger partial charge is 0.435 e. The summed E-state index contributed by atoms with van der Waals surface area (Å²) in [7, 11) is 1.21. The lowest BCUT2D eigenvalue weighted by molar-refractivity contribution is -0.141. The van der Waals surface area contributed by atoms with Crippen LogP contribution in [0.3, 0.4) is 0 Å². The van der Waals surface area contributed by atoms with Gasteiger partial charge in [-0.1, -0.05) is 0 Å². The number of alkyl halides is 3. The first-order chi connectivity index (χ1) is 9.32. The van der Waals surface area contributed by atoms with Crippen molar-refractivity contribution in [2.24, 2.45) is 0 Å². The Morgan fingerprint density at radius 2 is 2.05 bits per heavy atom. The molecule has 2 rings (SSSR count). The average Bonchev–Trinajstić information content (AvgIpc) is 2.80. The Morgan fingerprint density at radius 3 is 2.50 bits per heavy atom. The number of halogens is 3. The van der Waals surface area contributed by atoms with E-state index in [1.807, 2.05) is 0 Å². The Hall–Kier alpha value is -2.38. The van der Waals surface area contributed by atoms with Gasteiger partial charge in [0, 0.05) is 5.69 Å². The molecule has 0 radical (unpaired) electrons. The summed E-state index contributed by atoms with van der Waals surface area (Å²) in [5, 5.41) is 3.48. The lowest BCUT2D eigenvalue weighted by atomic mass is 10.3. The summed E-state index contributed by atoms with van der Waals surface area (Å²) >= 11 is 0. The van der Waals surface area contributed by atoms with Gasteiger partial charge in [0.2, 0.25) is 0 Å². The molecule has 0 N–H and O–H groups in total. The SMILES string of the molecule is COC(=O)c1ccc(-n2nc(C(F)(F)F)cc2C)cn1. The highest BCUT2D eigenvalue weighted by Gasteiger charge is 2.34. The molecule has 0 spiro atoms. The van der Waals surface area contributed by atoms with Gasteiger partial charge in [0.15, 0.2) is 5.69 Å². The molecule has 0 bridgehead atoms. The number of carbonyl (C=O) groups is 1. The molecular weight excluding hydrogens is 275 g/mol. The third-order valence-electron chi connectivity index (χ3n) is 2.56. The van der Waals surface area contributed by atoms with E-state index in [1.165, 1.54) is 32.4 Å². The summed E-state index contributed by atoms with van der Waals surface area (Å²) in [5.74, 6) is -0.621. The van der Waals surface area contributed by atoms with Crippen LogP contribution in [0.2, 0.25) is 0 Å². The maximum absolute atomic E-state index is 12.6. The van der Waals surface area contributed by atoms with Gasteiger partial charge < -0.3 is 4.74 Å². The van der Waals surface area contributed by atoms with Gasteiger partial charge in [-0.25, -0.2) is 14.5 Å². The first-order valence-corrected chi connectivity index (χ1v) is 5.51. The predicted molar refractivity (Wildman–Crippen MR) is 62.4 cm³/mol. The Kier molecular flexibility index (Phi) is 3.47. The second kappa shape index (κ2) is 4.95. The minimum absolute atomic E-state index is 0.0668. The number of pyridine rings is 1. The van der Waals surface area contributed by atoms with Crippen LogP contribution in [-0.2, 0) is 10.9 Å². The standard InChI is InChI=1S/C12H10F3N3O2/c1-7-5-10(12(13,14)15)17-18(7)8-3-4-9(16-6-8)11(19)20-2/h3-6H,1-2H3. The van der Waals surface area contributed by atoms with Crippen molar-refractivity contribution in [3.63, 3.8) is 0 Å². The van der Waals surface area contributed by atoms with Crippen LogP contribution in [0.5, 0.6) is 0 Å². The Labute approximate surface area is 112 Å². The lowest BCUT2D eigenvalue weighted by Gasteiger charge is -2.05. The van der Waals surface area contributed by atoms with Crippen LogP contribution in [0.1, 0.15) is 21.9 Å². The number of carbonyl (C=O) groups excluding carboxylic acids is 1. The maximum atomic E-state index is 12.6. The molecule has 0 fully saturated rings. The molecule has 0 aliphatic rings. The minimum Gasteiger partial charge on any atom is -0.464 e. The molecule has 2 aromatic rings. The lowest BCUT2D eigenvalue weighted by Crippen LogP contribution is -2.08. The first-order valence-electron chi connectivity index (χ1n) is 5.51. The molecule has 0 aliphatic heterocycles. The van der Waals surface area contributed by atoms with Gasteiger partial charge in [-0.3, -0.25) is 0 Å². The highest BCUT2D eigenvalue weighted by molar-refractivity contribution is 5.87. The van der Waals surface area contributed by atoms with Crippen LogP contribution in [0.15, 0.2) is 24.4 Å². The second-order valence-corrected chi connectivity index (χ2v) is 3.97. The number of aromatic nitrogens is 3. The summed E-state index contributed by atoms with van der Waals surface area (Å²) in [4.78, 5) is 15.0. The van der Waals surface area contributed by atoms with E-state index in [0.29, 0.717) is 11.4 Å². The molecule has 0 saturated heterocycles. The van der Waals surface area contributed by atoms with Gasteiger partial charge in [-0.05, 0) is 25.1 Å². The van der Waals surface area contributed by atoms with E-state index < -0.39 is 17.8 Å². The molecule has 5 nitrogen and oxygen atoms in total. The number of nitrogens with zero attached hydrogens (tertiary/aromatic N) is 3. The van der Waals surface area contributed by atoms with E-state index in [2.05, 4.69) is 14.8 Å². The number of methoxy groups -OCH3 is 1. The monoisotopic (exact) mass is 285 g/mol. The van der Waals surface area contributed by atoms with Crippen molar-refractivity contribution in [2.45, 2.75) is 13.1 Å². The summed E-state index contributed by atoms with van der Waals surface area (Å²) < 4.78 is 43.3. The van der Waals surface area contributed by atoms with Crippen molar-refractivity contribution < 1.29 is 22.7 Å². The van der Waals surface area contributed by atoms with Crippen molar-refractivity contribution >= 4 is 5.97 Å². The van der Waals surface area contributed by atoms with E-state index in [1.54, 1.807) is 0 Å². The molecule has 0 aliphatic carbocycles. The summed E-state index contributed by atoms with van der Waals surface area (Å²) in [6.07, 6.45) is -3.25. The zero-order chi connectivity index (χ0) is 14.9. The van der Waals surface area contributed by atoms with E-state index in [-0.39, 0.29) is 5.69 Å². The molecule has 106 valence electrons. The van der Waals surface area contributed by atoms with Gasteiger partial charge in [0.1, 0.15) is 5.69 Å². The van der Waals surface area contributed by atoms with Crippen LogP contribution in [0.4, 0.5) is 13.2 Å². The molecule has 0 saturated carbocycles. The van der Waals surface area contributed by atoms with Crippen molar-refractivity contribution in [3.8, 4) is 5.69 Å². The predicted octanol–water partition coefficient (Wildman–Crippen LogP) is 2.38. The van der Waals surface area contributed by atoms with Crippen molar-refractivity contribution in [2.75, 3.05) is 7.11 Å². The molecule has 0 atom stereocenters. The largest absolute Gasteiger partial charge is 0.464 e. The topological polar surface area (TPSA) is 57.0 Å². The highest BCUT2D eigenvalue weighted by atomic mass is 19.4. The molecule has 0 amide bonds. The number of esters is 1. The van der Waals surface area contributed by atoms with Gasteiger partial charge in [0.25, 0.3) is 0 Å². The zero-order valence-corrected chi connectivity index (χ0v) is 10.6. The molecule has 2 heterocycles. The zero-order valence-electron chi connectivity index (χ0n) is 10.6. The first kappa shape index (κ1) is 14.0. The molecule has 8 heteroatoms. The molecule has 0 aromatic carbocycles. The van der Waals surface area contributed by atoms with Crippen LogP contribution >= 0.6 is 0 Å². The summed E-state index contributed by atoms with van der Waals surface area (Å²) in [6.45, 7) is 1.50. The normalized spacial score (nSPS) is 11.4. The van der Waals surface area contributed by atoms with Crippen LogP contribution in [-0.4, -0.2) is 27.8 Å². The molecular formula is C12H10F3N3O2. The Balaban J connectivity index is 2.37. The number of aryl methyl sites for hydroxylation is 1. The average molecular weight is 285 g/mol. The van der Waals surface area contributed by atoms with E-state index in [4.69, 9.17) is 0 Å². The summed E-state index contributed by atoms with van der Waals surface area (Å²) in [5.41, 5.74) is -0.278. The van der Waals surface area contributed by atoms with Crippen LogP contribution < -0.4 is 0 Å². The fourth-order valence-corrected chi connectivity index (χ4v) is 1.61. The van der Waals surface area contributed by atoms with E-state index >= 15 is 0 Å². The minimum atomic E-state index is -4.50. The Morgan fingerprint density at radius 1 is 1.35 bits per heavy atom. The molecule has 20 heavy (non-hydrogen) atoms. The third-order valence-corrected chi connectivity index (χ3v) is 2.56. The fourth-order valence-electron chi connectivity index (χ4n) is 1.61. The van der Waals surface area contributed by atoms with Gasteiger partial charge in [0.05, 0.1) is 19.0 Å².